The lowest BCUT2D eigenvalue weighted by Gasteiger charge is -2.02. The third-order valence-electron chi connectivity index (χ3n) is 1.19. The molecule has 0 aliphatic carbocycles. The van der Waals surface area contributed by atoms with Crippen molar-refractivity contribution in [2.75, 3.05) is 24.3 Å². The van der Waals surface area contributed by atoms with Crippen LogP contribution in [0.5, 0.6) is 5.88 Å². The van der Waals surface area contributed by atoms with Gasteiger partial charge in [0.15, 0.2) is 0 Å². The Kier molecular flexibility index (Phi) is 3.66. The second-order valence-corrected chi connectivity index (χ2v) is 3.08. The number of nitrogens with two attached hydrogens (primary N) is 1. The molecular weight excluding hydrogens is 174 g/mol. The number of rotatable bonds is 4. The van der Waals surface area contributed by atoms with Crippen LogP contribution in [0.15, 0.2) is 12.3 Å². The molecule has 1 aromatic rings. The summed E-state index contributed by atoms with van der Waals surface area (Å²) in [7, 11) is 0. The predicted molar refractivity (Wildman–Crippen MR) is 50.3 cm³/mol. The molecule has 2 N–H and O–H groups in total. The van der Waals surface area contributed by atoms with E-state index >= 15 is 0 Å². The van der Waals surface area contributed by atoms with Gasteiger partial charge < -0.3 is 10.5 Å². The lowest BCUT2D eigenvalue weighted by Crippen LogP contribution is -2.03. The molecule has 0 fully saturated rings. The van der Waals surface area contributed by atoms with Crippen LogP contribution in [-0.4, -0.2) is 28.6 Å². The van der Waals surface area contributed by atoms with Crippen LogP contribution in [0.3, 0.4) is 0 Å². The zero-order chi connectivity index (χ0) is 8.81. The lowest BCUT2D eigenvalue weighted by atomic mass is 10.6. The molecule has 0 aromatic carbocycles. The first-order valence-corrected chi connectivity index (χ1v) is 4.92. The van der Waals surface area contributed by atoms with Gasteiger partial charge in [-0.2, -0.15) is 16.7 Å². The van der Waals surface area contributed by atoms with Crippen LogP contribution in [0.2, 0.25) is 0 Å². The number of hydrogen-bond acceptors (Lipinski definition) is 5. The van der Waals surface area contributed by atoms with Gasteiger partial charge in [0.1, 0.15) is 0 Å². The minimum absolute atomic E-state index is 0.247. The van der Waals surface area contributed by atoms with Crippen molar-refractivity contribution in [3.8, 4) is 5.88 Å². The maximum Gasteiger partial charge on any atom is 0.223 e. The molecule has 0 spiro atoms. The summed E-state index contributed by atoms with van der Waals surface area (Å²) >= 11 is 1.73. The zero-order valence-corrected chi connectivity index (χ0v) is 7.67. The fourth-order valence-corrected chi connectivity index (χ4v) is 0.916. The van der Waals surface area contributed by atoms with E-state index in [1.807, 2.05) is 6.26 Å². The maximum atomic E-state index is 5.36. The van der Waals surface area contributed by atoms with Gasteiger partial charge in [-0.15, -0.1) is 0 Å². The second-order valence-electron chi connectivity index (χ2n) is 2.09. The summed E-state index contributed by atoms with van der Waals surface area (Å²) in [5.41, 5.74) is 5.36. The number of hydrogen-bond donors (Lipinski definition) is 1. The predicted octanol–water partition coefficient (Wildman–Crippen LogP) is 0.801. The number of nitrogens with zero attached hydrogens (tertiary/aromatic N) is 2. The van der Waals surface area contributed by atoms with E-state index in [0.29, 0.717) is 12.5 Å². The van der Waals surface area contributed by atoms with E-state index in [9.17, 15) is 0 Å². The number of aromatic nitrogens is 2. The molecule has 0 radical (unpaired) electrons. The Morgan fingerprint density at radius 2 is 2.50 bits per heavy atom. The van der Waals surface area contributed by atoms with Crippen molar-refractivity contribution >= 4 is 17.7 Å². The highest BCUT2D eigenvalue weighted by molar-refractivity contribution is 7.98. The van der Waals surface area contributed by atoms with Crippen molar-refractivity contribution in [2.45, 2.75) is 0 Å². The second kappa shape index (κ2) is 4.82. The van der Waals surface area contributed by atoms with Gasteiger partial charge in [0.05, 0.1) is 6.61 Å². The Bertz CT molecular complexity index is 244. The van der Waals surface area contributed by atoms with Crippen LogP contribution in [0.1, 0.15) is 0 Å². The van der Waals surface area contributed by atoms with E-state index in [1.54, 1.807) is 24.0 Å². The Hall–Kier alpha value is -0.970. The number of thioether (sulfide) groups is 1. The van der Waals surface area contributed by atoms with Crippen LogP contribution in [-0.2, 0) is 0 Å². The van der Waals surface area contributed by atoms with Gasteiger partial charge in [-0.05, 0) is 6.26 Å². The average molecular weight is 185 g/mol. The molecule has 0 aliphatic heterocycles. The summed E-state index contributed by atoms with van der Waals surface area (Å²) in [5, 5.41) is 0. The van der Waals surface area contributed by atoms with Crippen LogP contribution in [0.25, 0.3) is 0 Å². The third kappa shape index (κ3) is 2.96. The van der Waals surface area contributed by atoms with Gasteiger partial charge in [0.25, 0.3) is 0 Å². The first kappa shape index (κ1) is 9.12. The summed E-state index contributed by atoms with van der Waals surface area (Å²) in [6.07, 6.45) is 3.61. The fraction of sp³-hybridized carbons (Fsp3) is 0.429. The molecule has 0 saturated carbocycles. The molecule has 66 valence electrons. The van der Waals surface area contributed by atoms with E-state index in [-0.39, 0.29) is 5.95 Å². The molecule has 0 atom stereocenters. The average Bonchev–Trinajstić information content (AvgIpc) is 2.05. The molecule has 1 heterocycles. The molecule has 0 unspecified atom stereocenters. The van der Waals surface area contributed by atoms with Crippen LogP contribution in [0, 0.1) is 0 Å². The Labute approximate surface area is 75.5 Å². The summed E-state index contributed by atoms with van der Waals surface area (Å²) < 4.78 is 5.28. The Balaban J connectivity index is 2.41. The Morgan fingerprint density at radius 3 is 3.17 bits per heavy atom. The van der Waals surface area contributed by atoms with E-state index in [0.717, 1.165) is 5.75 Å². The van der Waals surface area contributed by atoms with Crippen molar-refractivity contribution in [3.05, 3.63) is 12.3 Å². The normalized spacial score (nSPS) is 9.75. The lowest BCUT2D eigenvalue weighted by molar-refractivity contribution is 0.330. The fourth-order valence-electron chi connectivity index (χ4n) is 0.666. The minimum Gasteiger partial charge on any atom is -0.477 e. The van der Waals surface area contributed by atoms with E-state index in [2.05, 4.69) is 9.97 Å². The first-order chi connectivity index (χ1) is 5.83. The van der Waals surface area contributed by atoms with Gasteiger partial charge in [0, 0.05) is 18.0 Å². The largest absolute Gasteiger partial charge is 0.477 e. The molecule has 5 heteroatoms. The molecule has 12 heavy (non-hydrogen) atoms. The highest BCUT2D eigenvalue weighted by Gasteiger charge is 1.94. The molecule has 1 aromatic heterocycles. The first-order valence-electron chi connectivity index (χ1n) is 3.53. The standard InChI is InChI=1S/C7H11N3OS/c1-12-5-4-11-6-2-3-9-7(8)10-6/h2-3H,4-5H2,1H3,(H2,8,9,10). The molecule has 0 aliphatic rings. The number of nitrogen functional groups attached to an aromatic ring is 1. The maximum absolute atomic E-state index is 5.36. The van der Waals surface area contributed by atoms with E-state index in [1.165, 1.54) is 0 Å². The van der Waals surface area contributed by atoms with Gasteiger partial charge in [0.2, 0.25) is 11.8 Å². The number of anilines is 1. The van der Waals surface area contributed by atoms with Crippen LogP contribution in [0.4, 0.5) is 5.95 Å². The summed E-state index contributed by atoms with van der Waals surface area (Å²) in [6, 6.07) is 1.69. The molecule has 1 rings (SSSR count). The molecule has 0 bridgehead atoms. The van der Waals surface area contributed by atoms with E-state index in [4.69, 9.17) is 10.5 Å². The number of ether oxygens (including phenoxy) is 1. The monoisotopic (exact) mass is 185 g/mol. The topological polar surface area (TPSA) is 61.0 Å². The summed E-state index contributed by atoms with van der Waals surface area (Å²) in [6.45, 7) is 0.650. The molecule has 0 amide bonds. The van der Waals surface area contributed by atoms with E-state index < -0.39 is 0 Å². The van der Waals surface area contributed by atoms with Crippen molar-refractivity contribution < 1.29 is 4.74 Å². The van der Waals surface area contributed by atoms with Crippen molar-refractivity contribution in [2.24, 2.45) is 0 Å². The zero-order valence-electron chi connectivity index (χ0n) is 6.86. The molecular formula is C7H11N3OS. The Morgan fingerprint density at radius 1 is 1.67 bits per heavy atom. The SMILES string of the molecule is CSCCOc1ccnc(N)n1. The van der Waals surface area contributed by atoms with Crippen molar-refractivity contribution in [3.63, 3.8) is 0 Å². The van der Waals surface area contributed by atoms with Crippen molar-refractivity contribution in [1.82, 2.24) is 9.97 Å². The highest BCUT2D eigenvalue weighted by atomic mass is 32.2. The minimum atomic E-state index is 0.247. The quantitative estimate of drug-likeness (QED) is 0.703. The molecule has 4 nitrogen and oxygen atoms in total. The molecule has 0 saturated heterocycles. The third-order valence-corrected chi connectivity index (χ3v) is 1.76. The van der Waals surface area contributed by atoms with Crippen molar-refractivity contribution in [1.29, 1.82) is 0 Å². The van der Waals surface area contributed by atoms with Gasteiger partial charge in [-0.3, -0.25) is 0 Å². The smallest absolute Gasteiger partial charge is 0.223 e. The van der Waals surface area contributed by atoms with Crippen LogP contribution >= 0.6 is 11.8 Å². The summed E-state index contributed by atoms with van der Waals surface area (Å²) in [5.74, 6) is 1.73. The summed E-state index contributed by atoms with van der Waals surface area (Å²) in [4.78, 5) is 7.63. The van der Waals surface area contributed by atoms with Gasteiger partial charge >= 0.3 is 0 Å². The van der Waals surface area contributed by atoms with Gasteiger partial charge in [-0.25, -0.2) is 4.98 Å². The highest BCUT2D eigenvalue weighted by Crippen LogP contribution is 2.05. The van der Waals surface area contributed by atoms with Gasteiger partial charge in [-0.1, -0.05) is 0 Å². The van der Waals surface area contributed by atoms with Crippen LogP contribution < -0.4 is 10.5 Å².